The van der Waals surface area contributed by atoms with Gasteiger partial charge in [0.05, 0.1) is 5.60 Å². The standard InChI is InChI=1S/C15H20N2OS/c1-11-3-2-6-15(18,9-11)10-17-14-12-5-8-19-13(12)4-7-16-14/h4-5,7-8,11,18H,2-3,6,9-10H2,1H3,(H,16,17). The van der Waals surface area contributed by atoms with Crippen molar-refractivity contribution in [1.29, 1.82) is 0 Å². The molecule has 0 radical (unpaired) electrons. The second kappa shape index (κ2) is 5.10. The van der Waals surface area contributed by atoms with E-state index in [4.69, 9.17) is 0 Å². The first-order valence-electron chi connectivity index (χ1n) is 6.95. The summed E-state index contributed by atoms with van der Waals surface area (Å²) in [5.41, 5.74) is -0.572. The largest absolute Gasteiger partial charge is 0.388 e. The minimum atomic E-state index is -0.572. The van der Waals surface area contributed by atoms with E-state index >= 15 is 0 Å². The number of thiophene rings is 1. The van der Waals surface area contributed by atoms with Crippen LogP contribution in [-0.2, 0) is 0 Å². The molecule has 0 spiro atoms. The topological polar surface area (TPSA) is 45.1 Å². The first kappa shape index (κ1) is 12.9. The molecule has 1 aliphatic carbocycles. The van der Waals surface area contributed by atoms with Crippen LogP contribution in [-0.4, -0.2) is 22.2 Å². The third kappa shape index (κ3) is 2.74. The zero-order valence-corrected chi connectivity index (χ0v) is 12.0. The molecule has 3 nitrogen and oxygen atoms in total. The molecule has 0 saturated heterocycles. The van der Waals surface area contributed by atoms with Gasteiger partial charge in [0.15, 0.2) is 0 Å². The van der Waals surface area contributed by atoms with Crippen molar-refractivity contribution in [3.05, 3.63) is 23.7 Å². The fourth-order valence-corrected chi connectivity index (χ4v) is 3.86. The lowest BCUT2D eigenvalue weighted by molar-refractivity contribution is -0.000800. The van der Waals surface area contributed by atoms with Crippen LogP contribution in [0.3, 0.4) is 0 Å². The molecule has 1 aliphatic rings. The van der Waals surface area contributed by atoms with Crippen molar-refractivity contribution in [3.63, 3.8) is 0 Å². The lowest BCUT2D eigenvalue weighted by atomic mass is 9.79. The van der Waals surface area contributed by atoms with Crippen LogP contribution >= 0.6 is 11.3 Å². The second-order valence-electron chi connectivity index (χ2n) is 5.77. The molecule has 0 bridgehead atoms. The van der Waals surface area contributed by atoms with Crippen LogP contribution in [0.2, 0.25) is 0 Å². The predicted molar refractivity (Wildman–Crippen MR) is 80.7 cm³/mol. The minimum Gasteiger partial charge on any atom is -0.388 e. The number of nitrogens with zero attached hydrogens (tertiary/aromatic N) is 1. The second-order valence-corrected chi connectivity index (χ2v) is 6.72. The van der Waals surface area contributed by atoms with E-state index in [0.717, 1.165) is 30.5 Å². The summed E-state index contributed by atoms with van der Waals surface area (Å²) in [5.74, 6) is 1.51. The third-order valence-electron chi connectivity index (χ3n) is 4.03. The number of rotatable bonds is 3. The van der Waals surface area contributed by atoms with E-state index in [0.29, 0.717) is 12.5 Å². The summed E-state index contributed by atoms with van der Waals surface area (Å²) in [7, 11) is 0. The Morgan fingerprint density at radius 1 is 1.53 bits per heavy atom. The highest BCUT2D eigenvalue weighted by Crippen LogP contribution is 2.33. The maximum atomic E-state index is 10.6. The Balaban J connectivity index is 1.73. The number of pyridine rings is 1. The van der Waals surface area contributed by atoms with Crippen molar-refractivity contribution in [2.45, 2.75) is 38.2 Å². The van der Waals surface area contributed by atoms with Gasteiger partial charge in [0.25, 0.3) is 0 Å². The molecule has 1 fully saturated rings. The molecule has 2 heterocycles. The molecule has 2 N–H and O–H groups in total. The quantitative estimate of drug-likeness (QED) is 0.899. The van der Waals surface area contributed by atoms with Gasteiger partial charge < -0.3 is 10.4 Å². The van der Waals surface area contributed by atoms with Gasteiger partial charge in [-0.15, -0.1) is 11.3 Å². The van der Waals surface area contributed by atoms with Crippen molar-refractivity contribution in [1.82, 2.24) is 4.98 Å². The molecule has 4 heteroatoms. The van der Waals surface area contributed by atoms with Crippen molar-refractivity contribution in [3.8, 4) is 0 Å². The lowest BCUT2D eigenvalue weighted by Gasteiger charge is -2.35. The fraction of sp³-hybridized carbons (Fsp3) is 0.533. The van der Waals surface area contributed by atoms with Crippen molar-refractivity contribution in [2.24, 2.45) is 5.92 Å². The molecule has 1 saturated carbocycles. The molecule has 2 aromatic rings. The Kier molecular flexibility index (Phi) is 3.46. The summed E-state index contributed by atoms with van der Waals surface area (Å²) in [5, 5.41) is 17.2. The number of hydrogen-bond acceptors (Lipinski definition) is 4. The van der Waals surface area contributed by atoms with Crippen LogP contribution in [0.15, 0.2) is 23.7 Å². The highest BCUT2D eigenvalue weighted by atomic mass is 32.1. The van der Waals surface area contributed by atoms with E-state index in [1.54, 1.807) is 11.3 Å². The van der Waals surface area contributed by atoms with Crippen molar-refractivity contribution >= 4 is 27.2 Å². The van der Waals surface area contributed by atoms with Gasteiger partial charge in [-0.25, -0.2) is 4.98 Å². The minimum absolute atomic E-state index is 0.572. The summed E-state index contributed by atoms with van der Waals surface area (Å²) in [4.78, 5) is 4.40. The summed E-state index contributed by atoms with van der Waals surface area (Å²) in [6.07, 6.45) is 5.97. The predicted octanol–water partition coefficient (Wildman–Crippen LogP) is 3.65. The Morgan fingerprint density at radius 3 is 3.26 bits per heavy atom. The van der Waals surface area contributed by atoms with E-state index in [2.05, 4.69) is 28.7 Å². The molecular weight excluding hydrogens is 256 g/mol. The molecular formula is C15H20N2OS. The smallest absolute Gasteiger partial charge is 0.134 e. The van der Waals surface area contributed by atoms with Crippen LogP contribution in [0.1, 0.15) is 32.6 Å². The summed E-state index contributed by atoms with van der Waals surface area (Å²) < 4.78 is 1.24. The van der Waals surface area contributed by atoms with Crippen LogP contribution in [0.25, 0.3) is 10.1 Å². The van der Waals surface area contributed by atoms with E-state index in [1.165, 1.54) is 11.1 Å². The molecule has 3 rings (SSSR count). The van der Waals surface area contributed by atoms with Crippen LogP contribution in [0.4, 0.5) is 5.82 Å². The number of anilines is 1. The lowest BCUT2D eigenvalue weighted by Crippen LogP contribution is -2.41. The molecule has 0 aliphatic heterocycles. The first-order chi connectivity index (χ1) is 9.16. The molecule has 0 aromatic carbocycles. The highest BCUT2D eigenvalue weighted by Gasteiger charge is 2.32. The molecule has 2 unspecified atom stereocenters. The number of hydrogen-bond donors (Lipinski definition) is 2. The summed E-state index contributed by atoms with van der Waals surface area (Å²) in [6.45, 7) is 2.82. The Labute approximate surface area is 117 Å². The summed E-state index contributed by atoms with van der Waals surface area (Å²) >= 11 is 1.72. The fourth-order valence-electron chi connectivity index (χ4n) is 3.08. The van der Waals surface area contributed by atoms with E-state index < -0.39 is 5.60 Å². The average molecular weight is 276 g/mol. The van der Waals surface area contributed by atoms with Crippen molar-refractivity contribution < 1.29 is 5.11 Å². The molecule has 102 valence electrons. The van der Waals surface area contributed by atoms with Crippen molar-refractivity contribution in [2.75, 3.05) is 11.9 Å². The maximum Gasteiger partial charge on any atom is 0.134 e. The summed E-state index contributed by atoms with van der Waals surface area (Å²) in [6, 6.07) is 4.12. The van der Waals surface area contributed by atoms with Gasteiger partial charge in [-0.3, -0.25) is 0 Å². The number of aliphatic hydroxyl groups is 1. The van der Waals surface area contributed by atoms with E-state index in [-0.39, 0.29) is 0 Å². The monoisotopic (exact) mass is 276 g/mol. The third-order valence-corrected chi connectivity index (χ3v) is 4.91. The highest BCUT2D eigenvalue weighted by molar-refractivity contribution is 7.17. The van der Waals surface area contributed by atoms with Crippen LogP contribution in [0.5, 0.6) is 0 Å². The molecule has 0 amide bonds. The average Bonchev–Trinajstić information content (AvgIpc) is 2.85. The SMILES string of the molecule is CC1CCCC(O)(CNc2nccc3sccc23)C1. The zero-order chi connectivity index (χ0) is 13.3. The number of aromatic nitrogens is 1. The van der Waals surface area contributed by atoms with Gasteiger partial charge in [-0.2, -0.15) is 0 Å². The normalized spacial score (nSPS) is 27.6. The maximum absolute atomic E-state index is 10.6. The Morgan fingerprint density at radius 2 is 2.42 bits per heavy atom. The van der Waals surface area contributed by atoms with Crippen LogP contribution < -0.4 is 5.32 Å². The van der Waals surface area contributed by atoms with Gasteiger partial charge in [-0.1, -0.05) is 19.8 Å². The number of fused-ring (bicyclic) bond motifs is 1. The van der Waals surface area contributed by atoms with Gasteiger partial charge in [0.1, 0.15) is 5.82 Å². The van der Waals surface area contributed by atoms with Gasteiger partial charge in [0.2, 0.25) is 0 Å². The number of nitrogens with one attached hydrogen (secondary N) is 1. The van der Waals surface area contributed by atoms with Gasteiger partial charge in [0, 0.05) is 22.8 Å². The molecule has 2 atom stereocenters. The van der Waals surface area contributed by atoms with Crippen LogP contribution in [0, 0.1) is 5.92 Å². The Bertz CT molecular complexity index is 568. The Hall–Kier alpha value is -1.13. The zero-order valence-electron chi connectivity index (χ0n) is 11.2. The molecule has 2 aromatic heterocycles. The van der Waals surface area contributed by atoms with Gasteiger partial charge >= 0.3 is 0 Å². The van der Waals surface area contributed by atoms with E-state index in [1.807, 2.05) is 12.3 Å². The van der Waals surface area contributed by atoms with E-state index in [9.17, 15) is 5.11 Å². The first-order valence-corrected chi connectivity index (χ1v) is 7.83. The van der Waals surface area contributed by atoms with Gasteiger partial charge in [-0.05, 0) is 36.3 Å². The molecule has 19 heavy (non-hydrogen) atoms.